The zero-order valence-corrected chi connectivity index (χ0v) is 12.7. The Labute approximate surface area is 135 Å². The van der Waals surface area contributed by atoms with E-state index in [0.29, 0.717) is 18.0 Å². The van der Waals surface area contributed by atoms with E-state index in [9.17, 15) is 4.79 Å². The van der Waals surface area contributed by atoms with Crippen molar-refractivity contribution in [2.45, 2.75) is 18.8 Å². The number of benzene rings is 1. The summed E-state index contributed by atoms with van der Waals surface area (Å²) in [5, 5.41) is 14.8. The lowest BCUT2D eigenvalue weighted by atomic mass is 10.1. The topological polar surface area (TPSA) is 77.8 Å². The number of aryl methyl sites for hydroxylation is 1. The van der Waals surface area contributed by atoms with Gasteiger partial charge in [-0.3, -0.25) is 9.78 Å². The van der Waals surface area contributed by atoms with Crippen LogP contribution in [0.25, 0.3) is 0 Å². The Bertz CT molecular complexity index is 733. The van der Waals surface area contributed by atoms with Gasteiger partial charge in [-0.25, -0.2) is 0 Å². The van der Waals surface area contributed by atoms with Gasteiger partial charge in [0.2, 0.25) is 5.91 Å². The van der Waals surface area contributed by atoms with Gasteiger partial charge >= 0.3 is 0 Å². The molecule has 0 saturated carbocycles. The normalized spacial score (nSPS) is 15.5. The lowest BCUT2D eigenvalue weighted by Gasteiger charge is -2.12. The van der Waals surface area contributed by atoms with Crippen molar-refractivity contribution in [2.75, 3.05) is 18.4 Å². The third-order valence-electron chi connectivity index (χ3n) is 4.09. The average molecular weight is 306 g/mol. The third kappa shape index (κ3) is 3.67. The molecule has 0 radical (unpaired) electrons. The number of aromatic nitrogens is 1. The molecule has 1 aromatic carbocycles. The second-order valence-electron chi connectivity index (χ2n) is 5.63. The maximum absolute atomic E-state index is 12.0. The van der Waals surface area contributed by atoms with E-state index in [1.165, 1.54) is 5.56 Å². The van der Waals surface area contributed by atoms with Crippen molar-refractivity contribution >= 4 is 11.6 Å². The van der Waals surface area contributed by atoms with Crippen molar-refractivity contribution in [3.63, 3.8) is 0 Å². The molecule has 0 bridgehead atoms. The van der Waals surface area contributed by atoms with E-state index in [2.05, 4.69) is 27.8 Å². The minimum atomic E-state index is -0.0428. The number of nitrogens with zero attached hydrogens (tertiary/aromatic N) is 2. The van der Waals surface area contributed by atoms with Crippen LogP contribution in [0.5, 0.6) is 0 Å². The van der Waals surface area contributed by atoms with E-state index >= 15 is 0 Å². The fraction of sp³-hybridized carbons (Fsp3) is 0.278. The number of amides is 1. The van der Waals surface area contributed by atoms with Crippen LogP contribution in [0.2, 0.25) is 0 Å². The van der Waals surface area contributed by atoms with E-state index in [1.54, 1.807) is 24.3 Å². The predicted octanol–water partition coefficient (Wildman–Crippen LogP) is 2.21. The molecule has 0 saturated heterocycles. The quantitative estimate of drug-likeness (QED) is 0.888. The Morgan fingerprint density at radius 1 is 1.30 bits per heavy atom. The number of hydrogen-bond donors (Lipinski definition) is 2. The van der Waals surface area contributed by atoms with Gasteiger partial charge in [0.05, 0.1) is 18.2 Å². The molecule has 5 nitrogen and oxygen atoms in total. The van der Waals surface area contributed by atoms with Crippen LogP contribution in [0.3, 0.4) is 0 Å². The van der Waals surface area contributed by atoms with E-state index in [1.807, 2.05) is 12.3 Å². The summed E-state index contributed by atoms with van der Waals surface area (Å²) in [7, 11) is 0. The number of hydrogen-bond acceptors (Lipinski definition) is 4. The first-order chi connectivity index (χ1) is 11.3. The summed E-state index contributed by atoms with van der Waals surface area (Å²) in [4.78, 5) is 16.4. The highest BCUT2D eigenvalue weighted by atomic mass is 16.1. The van der Waals surface area contributed by atoms with Crippen LogP contribution >= 0.6 is 0 Å². The number of carbonyl (C=O) groups excluding carboxylic acids is 1. The molecule has 2 aromatic rings. The number of fused-ring (bicyclic) bond motifs is 1. The highest BCUT2D eigenvalue weighted by Gasteiger charge is 2.23. The third-order valence-corrected chi connectivity index (χ3v) is 4.09. The molecule has 116 valence electrons. The molecule has 1 amide bonds. The van der Waals surface area contributed by atoms with Gasteiger partial charge in [0.25, 0.3) is 0 Å². The minimum Gasteiger partial charge on any atom is -0.376 e. The summed E-state index contributed by atoms with van der Waals surface area (Å²) in [6.07, 6.45) is 3.88. The van der Waals surface area contributed by atoms with Crippen molar-refractivity contribution in [3.05, 3.63) is 59.4 Å². The molecule has 1 aliphatic rings. The van der Waals surface area contributed by atoms with Crippen LogP contribution < -0.4 is 10.6 Å². The lowest BCUT2D eigenvalue weighted by molar-refractivity contribution is -0.119. The fourth-order valence-corrected chi connectivity index (χ4v) is 2.84. The highest BCUT2D eigenvalue weighted by Crippen LogP contribution is 2.30. The highest BCUT2D eigenvalue weighted by molar-refractivity contribution is 5.80. The SMILES string of the molecule is N#Cc1ccc(NCC(=O)NCC2CCc3cccnc32)cc1. The Morgan fingerprint density at radius 3 is 2.91 bits per heavy atom. The molecule has 0 spiro atoms. The summed E-state index contributed by atoms with van der Waals surface area (Å²) in [6.45, 7) is 0.839. The van der Waals surface area contributed by atoms with Gasteiger partial charge in [-0.15, -0.1) is 0 Å². The first kappa shape index (κ1) is 15.0. The molecule has 1 atom stereocenters. The van der Waals surface area contributed by atoms with Gasteiger partial charge in [-0.1, -0.05) is 6.07 Å². The second kappa shape index (κ2) is 6.93. The van der Waals surface area contributed by atoms with Crippen LogP contribution in [-0.4, -0.2) is 24.0 Å². The average Bonchev–Trinajstić information content (AvgIpc) is 3.02. The molecule has 3 rings (SSSR count). The number of nitrogens with one attached hydrogen (secondary N) is 2. The minimum absolute atomic E-state index is 0.0428. The van der Waals surface area contributed by atoms with E-state index in [0.717, 1.165) is 24.2 Å². The van der Waals surface area contributed by atoms with Crippen molar-refractivity contribution < 1.29 is 4.79 Å². The smallest absolute Gasteiger partial charge is 0.239 e. The largest absolute Gasteiger partial charge is 0.376 e. The monoisotopic (exact) mass is 306 g/mol. The summed E-state index contributed by atoms with van der Waals surface area (Å²) in [5.74, 6) is 0.267. The van der Waals surface area contributed by atoms with Crippen molar-refractivity contribution in [3.8, 4) is 6.07 Å². The number of anilines is 1. The number of carbonyl (C=O) groups is 1. The number of rotatable bonds is 5. The molecule has 1 aromatic heterocycles. The molecule has 2 N–H and O–H groups in total. The van der Waals surface area contributed by atoms with E-state index in [4.69, 9.17) is 5.26 Å². The molecule has 5 heteroatoms. The Balaban J connectivity index is 1.46. The zero-order chi connectivity index (χ0) is 16.1. The second-order valence-corrected chi connectivity index (χ2v) is 5.63. The molecular formula is C18H18N4O. The predicted molar refractivity (Wildman–Crippen MR) is 88.0 cm³/mol. The van der Waals surface area contributed by atoms with E-state index < -0.39 is 0 Å². The van der Waals surface area contributed by atoms with Crippen molar-refractivity contribution in [1.29, 1.82) is 5.26 Å². The molecule has 0 aliphatic heterocycles. The first-order valence-corrected chi connectivity index (χ1v) is 7.71. The van der Waals surface area contributed by atoms with Crippen LogP contribution in [-0.2, 0) is 11.2 Å². The van der Waals surface area contributed by atoms with E-state index in [-0.39, 0.29) is 12.5 Å². The van der Waals surface area contributed by atoms with Gasteiger partial charge in [0.1, 0.15) is 0 Å². The van der Waals surface area contributed by atoms with Crippen LogP contribution in [0.1, 0.15) is 29.2 Å². The van der Waals surface area contributed by atoms with Crippen LogP contribution in [0, 0.1) is 11.3 Å². The van der Waals surface area contributed by atoms with Gasteiger partial charge in [0.15, 0.2) is 0 Å². The standard InChI is InChI=1S/C18H18N4O/c19-10-13-3-7-16(8-4-13)21-12-17(23)22-11-15-6-5-14-2-1-9-20-18(14)15/h1-4,7-9,15,21H,5-6,11-12H2,(H,22,23). The van der Waals surface area contributed by atoms with Crippen LogP contribution in [0.15, 0.2) is 42.6 Å². The van der Waals surface area contributed by atoms with Crippen LogP contribution in [0.4, 0.5) is 5.69 Å². The van der Waals surface area contributed by atoms with Gasteiger partial charge < -0.3 is 10.6 Å². The Morgan fingerprint density at radius 2 is 2.13 bits per heavy atom. The van der Waals surface area contributed by atoms with Gasteiger partial charge in [0, 0.05) is 30.0 Å². The molecule has 1 unspecified atom stereocenters. The molecular weight excluding hydrogens is 288 g/mol. The maximum Gasteiger partial charge on any atom is 0.239 e. The van der Waals surface area contributed by atoms with Crippen molar-refractivity contribution in [2.24, 2.45) is 0 Å². The summed E-state index contributed by atoms with van der Waals surface area (Å²) in [5.41, 5.74) is 3.84. The van der Waals surface area contributed by atoms with Gasteiger partial charge in [-0.05, 0) is 48.7 Å². The molecule has 1 aliphatic carbocycles. The Hall–Kier alpha value is -2.87. The Kier molecular flexibility index (Phi) is 4.53. The molecule has 0 fully saturated rings. The maximum atomic E-state index is 12.0. The lowest BCUT2D eigenvalue weighted by Crippen LogP contribution is -2.32. The molecule has 23 heavy (non-hydrogen) atoms. The summed E-state index contributed by atoms with van der Waals surface area (Å²) < 4.78 is 0. The van der Waals surface area contributed by atoms with Crippen molar-refractivity contribution in [1.82, 2.24) is 10.3 Å². The molecule has 1 heterocycles. The number of pyridine rings is 1. The zero-order valence-electron chi connectivity index (χ0n) is 12.7. The first-order valence-electron chi connectivity index (χ1n) is 7.71. The summed E-state index contributed by atoms with van der Waals surface area (Å²) in [6, 6.07) is 13.2. The fourth-order valence-electron chi connectivity index (χ4n) is 2.84. The van der Waals surface area contributed by atoms with Gasteiger partial charge in [-0.2, -0.15) is 5.26 Å². The summed E-state index contributed by atoms with van der Waals surface area (Å²) >= 11 is 0. The number of nitriles is 1.